The standard InChI is InChI=1S/C21H35N5O2S/c1-2-22-21(23-11-15-26-14-6-16-29(26,27)28)24-17-19-7-9-20(10-8-19)18-25-12-4-3-5-13-25/h7-10H,2-6,11-18H2,1H3,(H2,22,23,24). The molecule has 0 atom stereocenters. The van der Waals surface area contributed by atoms with Gasteiger partial charge in [-0.15, -0.1) is 0 Å². The maximum Gasteiger partial charge on any atom is 0.214 e. The molecule has 7 nitrogen and oxygen atoms in total. The zero-order valence-electron chi connectivity index (χ0n) is 17.6. The lowest BCUT2D eigenvalue weighted by atomic mass is 10.1. The number of sulfonamides is 1. The van der Waals surface area contributed by atoms with Gasteiger partial charge in [-0.2, -0.15) is 0 Å². The lowest BCUT2D eigenvalue weighted by molar-refractivity contribution is 0.221. The molecule has 29 heavy (non-hydrogen) atoms. The van der Waals surface area contributed by atoms with Gasteiger partial charge in [-0.25, -0.2) is 17.7 Å². The first-order valence-corrected chi connectivity index (χ1v) is 12.5. The molecular weight excluding hydrogens is 386 g/mol. The Balaban J connectivity index is 1.47. The minimum absolute atomic E-state index is 0.273. The van der Waals surface area contributed by atoms with E-state index in [0.717, 1.165) is 25.5 Å². The maximum absolute atomic E-state index is 11.9. The highest BCUT2D eigenvalue weighted by atomic mass is 32.2. The van der Waals surface area contributed by atoms with Gasteiger partial charge in [0.05, 0.1) is 12.3 Å². The molecule has 3 rings (SSSR count). The Morgan fingerprint density at radius 2 is 1.72 bits per heavy atom. The zero-order chi connectivity index (χ0) is 20.5. The minimum Gasteiger partial charge on any atom is -0.357 e. The van der Waals surface area contributed by atoms with Gasteiger partial charge in [0.1, 0.15) is 0 Å². The summed E-state index contributed by atoms with van der Waals surface area (Å²) in [5, 5.41) is 6.48. The summed E-state index contributed by atoms with van der Waals surface area (Å²) in [6, 6.07) is 8.72. The number of benzene rings is 1. The van der Waals surface area contributed by atoms with Crippen LogP contribution in [0.15, 0.2) is 29.3 Å². The van der Waals surface area contributed by atoms with Crippen molar-refractivity contribution >= 4 is 16.0 Å². The first-order chi connectivity index (χ1) is 14.1. The Labute approximate surface area is 175 Å². The summed E-state index contributed by atoms with van der Waals surface area (Å²) in [4.78, 5) is 7.18. The van der Waals surface area contributed by atoms with Crippen LogP contribution in [0.4, 0.5) is 0 Å². The molecule has 2 heterocycles. The van der Waals surface area contributed by atoms with Gasteiger partial charge in [0, 0.05) is 32.7 Å². The molecule has 0 unspecified atom stereocenters. The average Bonchev–Trinajstić information content (AvgIpc) is 3.06. The summed E-state index contributed by atoms with van der Waals surface area (Å²) in [7, 11) is -3.04. The molecule has 2 aliphatic heterocycles. The Morgan fingerprint density at radius 3 is 2.38 bits per heavy atom. The van der Waals surface area contributed by atoms with Crippen molar-refractivity contribution in [3.05, 3.63) is 35.4 Å². The third kappa shape index (κ3) is 6.97. The number of aliphatic imine (C=N–C) groups is 1. The van der Waals surface area contributed by atoms with E-state index < -0.39 is 10.0 Å². The van der Waals surface area contributed by atoms with Crippen molar-refractivity contribution in [1.82, 2.24) is 19.8 Å². The number of hydrogen-bond acceptors (Lipinski definition) is 4. The number of piperidine rings is 1. The van der Waals surface area contributed by atoms with E-state index in [-0.39, 0.29) is 5.75 Å². The van der Waals surface area contributed by atoms with E-state index >= 15 is 0 Å². The molecular formula is C21H35N5O2S. The van der Waals surface area contributed by atoms with Crippen LogP contribution in [0.2, 0.25) is 0 Å². The topological polar surface area (TPSA) is 77.0 Å². The van der Waals surface area contributed by atoms with E-state index in [0.29, 0.717) is 26.2 Å². The molecule has 0 aliphatic carbocycles. The van der Waals surface area contributed by atoms with Gasteiger partial charge in [0.25, 0.3) is 0 Å². The second-order valence-electron chi connectivity index (χ2n) is 7.84. The van der Waals surface area contributed by atoms with E-state index in [1.54, 1.807) is 4.31 Å². The Hall–Kier alpha value is -1.64. The first-order valence-electron chi connectivity index (χ1n) is 10.9. The number of hydrogen-bond donors (Lipinski definition) is 2. The van der Waals surface area contributed by atoms with Gasteiger partial charge in [0.15, 0.2) is 5.96 Å². The molecule has 0 saturated carbocycles. The van der Waals surface area contributed by atoms with Crippen LogP contribution in [-0.2, 0) is 23.1 Å². The van der Waals surface area contributed by atoms with Gasteiger partial charge >= 0.3 is 0 Å². The molecule has 1 aromatic carbocycles. The summed E-state index contributed by atoms with van der Waals surface area (Å²) in [6.45, 7) is 8.51. The second kappa shape index (κ2) is 10.9. The van der Waals surface area contributed by atoms with Crippen molar-refractivity contribution in [3.63, 3.8) is 0 Å². The highest BCUT2D eigenvalue weighted by Crippen LogP contribution is 2.14. The SMILES string of the molecule is CCNC(=NCc1ccc(CN2CCCCC2)cc1)NCCN1CCCS1(=O)=O. The van der Waals surface area contributed by atoms with Crippen LogP contribution < -0.4 is 10.6 Å². The first kappa shape index (κ1) is 22.1. The summed E-state index contributed by atoms with van der Waals surface area (Å²) >= 11 is 0. The molecule has 0 radical (unpaired) electrons. The zero-order valence-corrected chi connectivity index (χ0v) is 18.4. The van der Waals surface area contributed by atoms with Crippen LogP contribution in [0.25, 0.3) is 0 Å². The van der Waals surface area contributed by atoms with E-state index in [2.05, 4.69) is 44.8 Å². The molecule has 0 bridgehead atoms. The molecule has 2 aliphatic rings. The molecule has 8 heteroatoms. The fourth-order valence-corrected chi connectivity index (χ4v) is 5.41. The Bertz CT molecular complexity index is 758. The summed E-state index contributed by atoms with van der Waals surface area (Å²) in [5.41, 5.74) is 2.53. The third-order valence-corrected chi connectivity index (χ3v) is 7.46. The van der Waals surface area contributed by atoms with Crippen molar-refractivity contribution in [2.24, 2.45) is 4.99 Å². The van der Waals surface area contributed by atoms with Gasteiger partial charge in [-0.05, 0) is 50.4 Å². The molecule has 162 valence electrons. The van der Waals surface area contributed by atoms with E-state index in [9.17, 15) is 8.42 Å². The van der Waals surface area contributed by atoms with Crippen LogP contribution in [-0.4, -0.2) is 68.6 Å². The predicted molar refractivity (Wildman–Crippen MR) is 118 cm³/mol. The highest BCUT2D eigenvalue weighted by Gasteiger charge is 2.27. The van der Waals surface area contributed by atoms with Crippen molar-refractivity contribution in [2.45, 2.75) is 45.7 Å². The molecule has 2 N–H and O–H groups in total. The molecule has 0 spiro atoms. The maximum atomic E-state index is 11.9. The van der Waals surface area contributed by atoms with Crippen LogP contribution in [0.1, 0.15) is 43.7 Å². The van der Waals surface area contributed by atoms with Gasteiger partial charge < -0.3 is 10.6 Å². The normalized spacial score (nSPS) is 20.7. The number of nitrogens with zero attached hydrogens (tertiary/aromatic N) is 3. The van der Waals surface area contributed by atoms with Crippen molar-refractivity contribution in [2.75, 3.05) is 45.0 Å². The average molecular weight is 422 g/mol. The number of nitrogens with one attached hydrogen (secondary N) is 2. The van der Waals surface area contributed by atoms with E-state index in [1.165, 1.54) is 43.5 Å². The highest BCUT2D eigenvalue weighted by molar-refractivity contribution is 7.89. The lowest BCUT2D eigenvalue weighted by Gasteiger charge is -2.26. The fourth-order valence-electron chi connectivity index (χ4n) is 3.88. The largest absolute Gasteiger partial charge is 0.357 e. The Kier molecular flexibility index (Phi) is 8.32. The molecule has 2 saturated heterocycles. The second-order valence-corrected chi connectivity index (χ2v) is 9.93. The lowest BCUT2D eigenvalue weighted by Crippen LogP contribution is -2.42. The fraction of sp³-hybridized carbons (Fsp3) is 0.667. The third-order valence-electron chi connectivity index (χ3n) is 5.50. The van der Waals surface area contributed by atoms with E-state index in [4.69, 9.17) is 0 Å². The minimum atomic E-state index is -3.04. The predicted octanol–water partition coefficient (Wildman–Crippen LogP) is 1.76. The van der Waals surface area contributed by atoms with Crippen molar-refractivity contribution in [3.8, 4) is 0 Å². The summed E-state index contributed by atoms with van der Waals surface area (Å²) in [5.74, 6) is 0.996. The monoisotopic (exact) mass is 421 g/mol. The smallest absolute Gasteiger partial charge is 0.214 e. The Morgan fingerprint density at radius 1 is 1.00 bits per heavy atom. The van der Waals surface area contributed by atoms with Crippen LogP contribution in [0, 0.1) is 0 Å². The number of likely N-dealkylation sites (tertiary alicyclic amines) is 1. The van der Waals surface area contributed by atoms with Gasteiger partial charge in [0.2, 0.25) is 10.0 Å². The van der Waals surface area contributed by atoms with Crippen molar-refractivity contribution in [1.29, 1.82) is 0 Å². The summed E-state index contributed by atoms with van der Waals surface area (Å²) < 4.78 is 25.3. The molecule has 1 aromatic rings. The van der Waals surface area contributed by atoms with Crippen molar-refractivity contribution < 1.29 is 8.42 Å². The quantitative estimate of drug-likeness (QED) is 0.494. The molecule has 0 amide bonds. The van der Waals surface area contributed by atoms with Crippen LogP contribution >= 0.6 is 0 Å². The van der Waals surface area contributed by atoms with Crippen LogP contribution in [0.5, 0.6) is 0 Å². The van der Waals surface area contributed by atoms with Crippen LogP contribution in [0.3, 0.4) is 0 Å². The number of rotatable bonds is 8. The molecule has 0 aromatic heterocycles. The number of guanidine groups is 1. The van der Waals surface area contributed by atoms with E-state index in [1.807, 2.05) is 6.92 Å². The molecule has 2 fully saturated rings. The van der Waals surface area contributed by atoms with Gasteiger partial charge in [-0.3, -0.25) is 4.90 Å². The summed E-state index contributed by atoms with van der Waals surface area (Å²) in [6.07, 6.45) is 4.72. The van der Waals surface area contributed by atoms with Gasteiger partial charge in [-0.1, -0.05) is 30.7 Å².